The van der Waals surface area contributed by atoms with Gasteiger partial charge in [-0.15, -0.1) is 0 Å². The molecule has 0 fully saturated rings. The van der Waals surface area contributed by atoms with Gasteiger partial charge in [0.15, 0.2) is 0 Å². The molecule has 0 amide bonds. The molecule has 0 aliphatic heterocycles. The van der Waals surface area contributed by atoms with Gasteiger partial charge in [0.25, 0.3) is 0 Å². The minimum atomic E-state index is -0.538. The van der Waals surface area contributed by atoms with Gasteiger partial charge in [0.1, 0.15) is 6.07 Å². The van der Waals surface area contributed by atoms with Crippen molar-refractivity contribution in [3.8, 4) is 6.07 Å². The highest BCUT2D eigenvalue weighted by molar-refractivity contribution is 6.32. The second-order valence-corrected chi connectivity index (χ2v) is 3.36. The fraction of sp³-hybridized carbons (Fsp3) is 0.273. The zero-order chi connectivity index (χ0) is 11.4. The number of nitrogens with zero attached hydrogens (tertiary/aromatic N) is 1. The standard InChI is InChI=1S/C11H10ClNO2/c1-3-7-4-8(11(14)15-2)9(6-13)10(12)5-7/h4-5H,3H2,1-2H3. The van der Waals surface area contributed by atoms with E-state index >= 15 is 0 Å². The first-order valence-corrected chi connectivity index (χ1v) is 4.82. The number of nitriles is 1. The summed E-state index contributed by atoms with van der Waals surface area (Å²) in [6.07, 6.45) is 0.745. The minimum absolute atomic E-state index is 0.167. The fourth-order valence-corrected chi connectivity index (χ4v) is 1.54. The largest absolute Gasteiger partial charge is 0.465 e. The Kier molecular flexibility index (Phi) is 3.70. The van der Waals surface area contributed by atoms with Crippen molar-refractivity contribution in [2.24, 2.45) is 0 Å². The maximum Gasteiger partial charge on any atom is 0.339 e. The van der Waals surface area contributed by atoms with Gasteiger partial charge < -0.3 is 4.74 Å². The Morgan fingerprint density at radius 2 is 2.27 bits per heavy atom. The van der Waals surface area contributed by atoms with Crippen LogP contribution in [0.3, 0.4) is 0 Å². The molecule has 4 heteroatoms. The Balaban J connectivity index is 3.40. The Hall–Kier alpha value is -1.53. The Labute approximate surface area is 93.2 Å². The molecule has 0 unspecified atom stereocenters. The molecular weight excluding hydrogens is 214 g/mol. The second kappa shape index (κ2) is 4.81. The SMILES string of the molecule is CCc1cc(Cl)c(C#N)c(C(=O)OC)c1. The summed E-state index contributed by atoms with van der Waals surface area (Å²) >= 11 is 5.88. The lowest BCUT2D eigenvalue weighted by Gasteiger charge is -2.06. The summed E-state index contributed by atoms with van der Waals surface area (Å²) in [5.41, 5.74) is 1.30. The van der Waals surface area contributed by atoms with Crippen LogP contribution in [0.25, 0.3) is 0 Å². The van der Waals surface area contributed by atoms with Crippen molar-refractivity contribution in [3.05, 3.63) is 33.8 Å². The van der Waals surface area contributed by atoms with E-state index in [1.54, 1.807) is 12.1 Å². The summed E-state index contributed by atoms with van der Waals surface area (Å²) in [4.78, 5) is 11.4. The minimum Gasteiger partial charge on any atom is -0.465 e. The van der Waals surface area contributed by atoms with Gasteiger partial charge in [-0.3, -0.25) is 0 Å². The number of methoxy groups -OCH3 is 1. The highest BCUT2D eigenvalue weighted by atomic mass is 35.5. The van der Waals surface area contributed by atoms with E-state index in [1.807, 2.05) is 13.0 Å². The Morgan fingerprint density at radius 1 is 1.60 bits per heavy atom. The van der Waals surface area contributed by atoms with Crippen molar-refractivity contribution >= 4 is 17.6 Å². The molecule has 0 aliphatic rings. The molecule has 0 spiro atoms. The zero-order valence-electron chi connectivity index (χ0n) is 8.50. The Bertz CT molecular complexity index is 435. The molecule has 0 saturated heterocycles. The summed E-state index contributed by atoms with van der Waals surface area (Å²) in [7, 11) is 1.27. The molecule has 1 aromatic rings. The molecule has 15 heavy (non-hydrogen) atoms. The topological polar surface area (TPSA) is 50.1 Å². The highest BCUT2D eigenvalue weighted by Gasteiger charge is 2.15. The van der Waals surface area contributed by atoms with Crippen molar-refractivity contribution in [3.63, 3.8) is 0 Å². The van der Waals surface area contributed by atoms with E-state index in [-0.39, 0.29) is 16.1 Å². The van der Waals surface area contributed by atoms with Crippen molar-refractivity contribution in [2.45, 2.75) is 13.3 Å². The number of aryl methyl sites for hydroxylation is 1. The lowest BCUT2D eigenvalue weighted by atomic mass is 10.0. The van der Waals surface area contributed by atoms with Crippen molar-refractivity contribution in [2.75, 3.05) is 7.11 Å². The molecule has 78 valence electrons. The van der Waals surface area contributed by atoms with Crippen LogP contribution in [-0.4, -0.2) is 13.1 Å². The molecule has 0 aromatic heterocycles. The molecule has 0 saturated carbocycles. The monoisotopic (exact) mass is 223 g/mol. The first kappa shape index (κ1) is 11.5. The van der Waals surface area contributed by atoms with Gasteiger partial charge in [-0.05, 0) is 24.1 Å². The van der Waals surface area contributed by atoms with E-state index < -0.39 is 5.97 Å². The zero-order valence-corrected chi connectivity index (χ0v) is 9.26. The van der Waals surface area contributed by atoms with Crippen molar-refractivity contribution in [1.82, 2.24) is 0 Å². The summed E-state index contributed by atoms with van der Waals surface area (Å²) < 4.78 is 4.58. The van der Waals surface area contributed by atoms with Gasteiger partial charge in [0.2, 0.25) is 0 Å². The number of esters is 1. The molecule has 3 nitrogen and oxygen atoms in total. The number of carbonyl (C=O) groups is 1. The van der Waals surface area contributed by atoms with E-state index in [1.165, 1.54) is 7.11 Å². The van der Waals surface area contributed by atoms with E-state index in [0.29, 0.717) is 0 Å². The molecule has 0 bridgehead atoms. The van der Waals surface area contributed by atoms with Crippen molar-refractivity contribution in [1.29, 1.82) is 5.26 Å². The highest BCUT2D eigenvalue weighted by Crippen LogP contribution is 2.22. The molecule has 0 radical (unpaired) electrons. The third kappa shape index (κ3) is 2.28. The van der Waals surface area contributed by atoms with Gasteiger partial charge in [-0.2, -0.15) is 5.26 Å². The quantitative estimate of drug-likeness (QED) is 0.724. The molecule has 0 aliphatic carbocycles. The van der Waals surface area contributed by atoms with Crippen LogP contribution < -0.4 is 0 Å². The molecule has 1 rings (SSSR count). The summed E-state index contributed by atoms with van der Waals surface area (Å²) in [5.74, 6) is -0.538. The number of halogens is 1. The second-order valence-electron chi connectivity index (χ2n) is 2.96. The van der Waals surface area contributed by atoms with Crippen LogP contribution in [0.2, 0.25) is 5.02 Å². The van der Waals surface area contributed by atoms with E-state index in [4.69, 9.17) is 16.9 Å². The van der Waals surface area contributed by atoms with E-state index in [2.05, 4.69) is 4.74 Å². The normalized spacial score (nSPS) is 9.47. The van der Waals surface area contributed by atoms with Crippen LogP contribution in [0.4, 0.5) is 0 Å². The smallest absolute Gasteiger partial charge is 0.339 e. The van der Waals surface area contributed by atoms with Crippen molar-refractivity contribution < 1.29 is 9.53 Å². The van der Waals surface area contributed by atoms with E-state index in [9.17, 15) is 4.79 Å². The number of hydrogen-bond acceptors (Lipinski definition) is 3. The molecule has 0 N–H and O–H groups in total. The average Bonchev–Trinajstić information content (AvgIpc) is 2.26. The van der Waals surface area contributed by atoms with Crippen LogP contribution >= 0.6 is 11.6 Å². The number of rotatable bonds is 2. The molecular formula is C11H10ClNO2. The number of benzene rings is 1. The molecule has 1 aromatic carbocycles. The summed E-state index contributed by atoms with van der Waals surface area (Å²) in [6, 6.07) is 5.22. The number of carbonyl (C=O) groups excluding carboxylic acids is 1. The predicted octanol–water partition coefficient (Wildman–Crippen LogP) is 2.56. The maximum atomic E-state index is 11.4. The third-order valence-electron chi connectivity index (χ3n) is 2.08. The lowest BCUT2D eigenvalue weighted by Crippen LogP contribution is -2.05. The third-order valence-corrected chi connectivity index (χ3v) is 2.37. The average molecular weight is 224 g/mol. The number of ether oxygens (including phenoxy) is 1. The first-order chi connectivity index (χ1) is 7.13. The van der Waals surface area contributed by atoms with Crippen LogP contribution in [-0.2, 0) is 11.2 Å². The van der Waals surface area contributed by atoms with Gasteiger partial charge in [0, 0.05) is 0 Å². The number of hydrogen-bond donors (Lipinski definition) is 0. The van der Waals surface area contributed by atoms with Gasteiger partial charge >= 0.3 is 5.97 Å². The molecule has 0 heterocycles. The fourth-order valence-electron chi connectivity index (χ4n) is 1.25. The van der Waals surface area contributed by atoms with Crippen LogP contribution in [0.5, 0.6) is 0 Å². The predicted molar refractivity (Wildman–Crippen MR) is 56.9 cm³/mol. The van der Waals surface area contributed by atoms with Crippen LogP contribution in [0.1, 0.15) is 28.4 Å². The van der Waals surface area contributed by atoms with Crippen LogP contribution in [0.15, 0.2) is 12.1 Å². The Morgan fingerprint density at radius 3 is 2.73 bits per heavy atom. The summed E-state index contributed by atoms with van der Waals surface area (Å²) in [6.45, 7) is 1.94. The molecule has 0 atom stereocenters. The maximum absolute atomic E-state index is 11.4. The lowest BCUT2D eigenvalue weighted by molar-refractivity contribution is 0.0600. The van der Waals surface area contributed by atoms with Gasteiger partial charge in [0.05, 0.1) is 23.3 Å². The van der Waals surface area contributed by atoms with Gasteiger partial charge in [-0.25, -0.2) is 4.79 Å². The first-order valence-electron chi connectivity index (χ1n) is 4.44. The van der Waals surface area contributed by atoms with E-state index in [0.717, 1.165) is 12.0 Å². The van der Waals surface area contributed by atoms with Crippen LogP contribution in [0, 0.1) is 11.3 Å². The van der Waals surface area contributed by atoms with Gasteiger partial charge in [-0.1, -0.05) is 18.5 Å². The summed E-state index contributed by atoms with van der Waals surface area (Å²) in [5, 5.41) is 9.15.